The van der Waals surface area contributed by atoms with E-state index in [4.69, 9.17) is 16.3 Å². The van der Waals surface area contributed by atoms with Crippen molar-refractivity contribution in [1.82, 2.24) is 5.32 Å². The van der Waals surface area contributed by atoms with Crippen molar-refractivity contribution in [3.8, 4) is 0 Å². The van der Waals surface area contributed by atoms with Crippen molar-refractivity contribution in [2.75, 3.05) is 19.0 Å². The van der Waals surface area contributed by atoms with Gasteiger partial charge in [-0.1, -0.05) is 30.3 Å². The number of carbonyl (C=O) groups is 1. The Morgan fingerprint density at radius 1 is 1.35 bits per heavy atom. The number of hydrogen-bond acceptors (Lipinski definition) is 3. The highest BCUT2D eigenvalue weighted by Crippen LogP contribution is 2.22. The fourth-order valence-electron chi connectivity index (χ4n) is 2.77. The Balaban J connectivity index is 1.78. The van der Waals surface area contributed by atoms with Crippen LogP contribution in [0.4, 0.5) is 0 Å². The van der Waals surface area contributed by atoms with E-state index < -0.39 is 0 Å². The zero-order chi connectivity index (χ0) is 14.2. The molecule has 0 aromatic heterocycles. The first-order valence-electron chi connectivity index (χ1n) is 7.29. The summed E-state index contributed by atoms with van der Waals surface area (Å²) in [6.45, 7) is 1.75. The van der Waals surface area contributed by atoms with Gasteiger partial charge >= 0.3 is 5.97 Å². The molecule has 1 heterocycles. The molecule has 1 aliphatic heterocycles. The SMILES string of the molecule is O=C(CCl)O[C@H]1CNCC[C@H]1CCCc1ccccc1. The number of benzene rings is 1. The first-order valence-corrected chi connectivity index (χ1v) is 7.83. The Hall–Kier alpha value is -1.06. The molecule has 0 radical (unpaired) electrons. The Bertz CT molecular complexity index is 410. The van der Waals surface area contributed by atoms with Gasteiger partial charge in [0.05, 0.1) is 0 Å². The van der Waals surface area contributed by atoms with Gasteiger partial charge in [-0.05, 0) is 43.7 Å². The molecule has 1 saturated heterocycles. The van der Waals surface area contributed by atoms with Gasteiger partial charge in [0.15, 0.2) is 0 Å². The molecular weight excluding hydrogens is 274 g/mol. The second-order valence-electron chi connectivity index (χ2n) is 5.29. The summed E-state index contributed by atoms with van der Waals surface area (Å²) < 4.78 is 5.42. The smallest absolute Gasteiger partial charge is 0.321 e. The molecule has 1 aromatic rings. The molecule has 1 fully saturated rings. The maximum atomic E-state index is 11.3. The molecule has 20 heavy (non-hydrogen) atoms. The quantitative estimate of drug-likeness (QED) is 0.648. The van der Waals surface area contributed by atoms with Crippen molar-refractivity contribution < 1.29 is 9.53 Å². The van der Waals surface area contributed by atoms with Crippen molar-refractivity contribution in [2.45, 2.75) is 31.8 Å². The molecule has 0 amide bonds. The zero-order valence-corrected chi connectivity index (χ0v) is 12.4. The fourth-order valence-corrected chi connectivity index (χ4v) is 2.83. The predicted octanol–water partition coefficient (Wildman–Crippen LogP) is 2.77. The summed E-state index contributed by atoms with van der Waals surface area (Å²) in [6.07, 6.45) is 4.35. The van der Waals surface area contributed by atoms with E-state index in [-0.39, 0.29) is 18.0 Å². The van der Waals surface area contributed by atoms with Crippen molar-refractivity contribution in [3.63, 3.8) is 0 Å². The molecule has 110 valence electrons. The summed E-state index contributed by atoms with van der Waals surface area (Å²) in [4.78, 5) is 11.3. The molecule has 0 spiro atoms. The van der Waals surface area contributed by atoms with Crippen molar-refractivity contribution in [3.05, 3.63) is 35.9 Å². The van der Waals surface area contributed by atoms with E-state index in [0.29, 0.717) is 5.92 Å². The summed E-state index contributed by atoms with van der Waals surface area (Å²) in [7, 11) is 0. The van der Waals surface area contributed by atoms with Gasteiger partial charge in [0, 0.05) is 6.54 Å². The lowest BCUT2D eigenvalue weighted by molar-refractivity contribution is -0.149. The van der Waals surface area contributed by atoms with Gasteiger partial charge in [0.1, 0.15) is 12.0 Å². The number of rotatable bonds is 6. The first-order chi connectivity index (χ1) is 9.79. The fraction of sp³-hybridized carbons (Fsp3) is 0.562. The number of esters is 1. The van der Waals surface area contributed by atoms with Crippen LogP contribution in [0.5, 0.6) is 0 Å². The maximum Gasteiger partial charge on any atom is 0.321 e. The Morgan fingerprint density at radius 2 is 2.15 bits per heavy atom. The molecule has 3 nitrogen and oxygen atoms in total. The second kappa shape index (κ2) is 8.28. The topological polar surface area (TPSA) is 38.3 Å². The minimum Gasteiger partial charge on any atom is -0.460 e. The van der Waals surface area contributed by atoms with Gasteiger partial charge in [-0.2, -0.15) is 0 Å². The summed E-state index contributed by atoms with van der Waals surface area (Å²) in [5.41, 5.74) is 1.37. The van der Waals surface area contributed by atoms with Crippen LogP contribution in [0.25, 0.3) is 0 Å². The van der Waals surface area contributed by atoms with E-state index in [9.17, 15) is 4.79 Å². The van der Waals surface area contributed by atoms with Crippen LogP contribution in [-0.4, -0.2) is 31.0 Å². The Morgan fingerprint density at radius 3 is 2.90 bits per heavy atom. The van der Waals surface area contributed by atoms with Crippen LogP contribution in [0.3, 0.4) is 0 Å². The summed E-state index contributed by atoms with van der Waals surface area (Å²) >= 11 is 5.51. The molecule has 1 aliphatic rings. The molecule has 1 N–H and O–H groups in total. The standard InChI is InChI=1S/C16H22ClNO2/c17-11-16(19)20-15-12-18-10-9-14(15)8-4-7-13-5-2-1-3-6-13/h1-3,5-6,14-15,18H,4,7-12H2/t14-,15+/m1/s1. The summed E-state index contributed by atoms with van der Waals surface area (Å²) in [6, 6.07) is 10.5. The van der Waals surface area contributed by atoms with E-state index in [0.717, 1.165) is 38.8 Å². The van der Waals surface area contributed by atoms with Crippen LogP contribution in [0.15, 0.2) is 30.3 Å². The molecule has 1 aromatic carbocycles. The average Bonchev–Trinajstić information content (AvgIpc) is 2.50. The lowest BCUT2D eigenvalue weighted by atomic mass is 9.89. The third-order valence-corrected chi connectivity index (χ3v) is 4.06. The monoisotopic (exact) mass is 295 g/mol. The maximum absolute atomic E-state index is 11.3. The molecule has 2 rings (SSSR count). The average molecular weight is 296 g/mol. The molecule has 2 atom stereocenters. The third kappa shape index (κ3) is 4.80. The molecular formula is C16H22ClNO2. The van der Waals surface area contributed by atoms with Crippen LogP contribution in [0, 0.1) is 5.92 Å². The molecule has 0 unspecified atom stereocenters. The Kier molecular flexibility index (Phi) is 6.34. The van der Waals surface area contributed by atoms with Crippen LogP contribution in [-0.2, 0) is 16.0 Å². The highest BCUT2D eigenvalue weighted by molar-refractivity contribution is 6.26. The largest absolute Gasteiger partial charge is 0.460 e. The molecule has 0 aliphatic carbocycles. The van der Waals surface area contributed by atoms with Gasteiger partial charge in [-0.15, -0.1) is 11.6 Å². The first kappa shape index (κ1) is 15.3. The Labute approximate surface area is 125 Å². The van der Waals surface area contributed by atoms with E-state index in [1.165, 1.54) is 5.56 Å². The van der Waals surface area contributed by atoms with Crippen LogP contribution < -0.4 is 5.32 Å². The van der Waals surface area contributed by atoms with Crippen LogP contribution in [0.2, 0.25) is 0 Å². The lowest BCUT2D eigenvalue weighted by Crippen LogP contribution is -2.43. The third-order valence-electron chi connectivity index (χ3n) is 3.84. The van der Waals surface area contributed by atoms with Gasteiger partial charge in [-0.3, -0.25) is 4.79 Å². The van der Waals surface area contributed by atoms with Gasteiger partial charge in [0.2, 0.25) is 0 Å². The number of aryl methyl sites for hydroxylation is 1. The van der Waals surface area contributed by atoms with Crippen LogP contribution >= 0.6 is 11.6 Å². The highest BCUT2D eigenvalue weighted by Gasteiger charge is 2.27. The normalized spacial score (nSPS) is 22.4. The lowest BCUT2D eigenvalue weighted by Gasteiger charge is -2.31. The summed E-state index contributed by atoms with van der Waals surface area (Å²) in [5, 5.41) is 3.28. The minimum atomic E-state index is -0.312. The van der Waals surface area contributed by atoms with E-state index in [1.807, 2.05) is 6.07 Å². The number of halogens is 1. The number of hydrogen-bond donors (Lipinski definition) is 1. The number of nitrogens with one attached hydrogen (secondary N) is 1. The molecule has 4 heteroatoms. The number of ether oxygens (including phenoxy) is 1. The van der Waals surface area contributed by atoms with Crippen LogP contribution in [0.1, 0.15) is 24.8 Å². The van der Waals surface area contributed by atoms with E-state index in [2.05, 4.69) is 29.6 Å². The number of alkyl halides is 1. The van der Waals surface area contributed by atoms with Crippen molar-refractivity contribution in [2.24, 2.45) is 5.92 Å². The van der Waals surface area contributed by atoms with E-state index in [1.54, 1.807) is 0 Å². The number of carbonyl (C=O) groups excluding carboxylic acids is 1. The predicted molar refractivity (Wildman–Crippen MR) is 81.0 cm³/mol. The summed E-state index contributed by atoms with van der Waals surface area (Å²) in [5.74, 6) is 0.0771. The highest BCUT2D eigenvalue weighted by atomic mass is 35.5. The van der Waals surface area contributed by atoms with E-state index >= 15 is 0 Å². The minimum absolute atomic E-state index is 0.0224. The van der Waals surface area contributed by atoms with Gasteiger partial charge in [0.25, 0.3) is 0 Å². The van der Waals surface area contributed by atoms with Gasteiger partial charge in [-0.25, -0.2) is 0 Å². The van der Waals surface area contributed by atoms with Crippen molar-refractivity contribution >= 4 is 17.6 Å². The molecule has 0 saturated carbocycles. The molecule has 0 bridgehead atoms. The second-order valence-corrected chi connectivity index (χ2v) is 5.56. The van der Waals surface area contributed by atoms with Crippen molar-refractivity contribution in [1.29, 1.82) is 0 Å². The van der Waals surface area contributed by atoms with Gasteiger partial charge < -0.3 is 10.1 Å². The zero-order valence-electron chi connectivity index (χ0n) is 11.7. The number of piperidine rings is 1.